The molecule has 1 aliphatic rings. The molecule has 1 aliphatic heterocycles. The lowest BCUT2D eigenvalue weighted by Crippen LogP contribution is -2.40. The standard InChI is InChI=1S/C13H21N5O3/c1-2-3-10(13(20)21)15-12(19)11-8-18(17-16-11)9-4-6-14-7-5-9/h8-10,14H,2-7H2,1H3,(H,15,19)(H,20,21)/t10-/m0/s1. The van der Waals surface area contributed by atoms with Crippen LogP contribution in [0, 0.1) is 0 Å². The second kappa shape index (κ2) is 7.16. The van der Waals surface area contributed by atoms with E-state index in [-0.39, 0.29) is 11.7 Å². The quantitative estimate of drug-likeness (QED) is 0.691. The van der Waals surface area contributed by atoms with Gasteiger partial charge in [0, 0.05) is 0 Å². The Morgan fingerprint density at radius 3 is 2.86 bits per heavy atom. The Labute approximate surface area is 122 Å². The smallest absolute Gasteiger partial charge is 0.326 e. The molecule has 21 heavy (non-hydrogen) atoms. The van der Waals surface area contributed by atoms with E-state index in [1.807, 2.05) is 6.92 Å². The lowest BCUT2D eigenvalue weighted by Gasteiger charge is -2.22. The van der Waals surface area contributed by atoms with E-state index in [9.17, 15) is 9.59 Å². The molecule has 2 rings (SSSR count). The summed E-state index contributed by atoms with van der Waals surface area (Å²) in [6, 6.07) is -0.641. The monoisotopic (exact) mass is 295 g/mol. The van der Waals surface area contributed by atoms with Gasteiger partial charge in [-0.15, -0.1) is 5.10 Å². The number of hydrogen-bond acceptors (Lipinski definition) is 5. The number of carbonyl (C=O) groups is 2. The van der Waals surface area contributed by atoms with Crippen molar-refractivity contribution in [1.29, 1.82) is 0 Å². The first kappa shape index (κ1) is 15.4. The van der Waals surface area contributed by atoms with Gasteiger partial charge in [-0.2, -0.15) is 0 Å². The number of carboxylic acid groups (broad SMARTS) is 1. The van der Waals surface area contributed by atoms with Crippen molar-refractivity contribution in [2.75, 3.05) is 13.1 Å². The van der Waals surface area contributed by atoms with Gasteiger partial charge in [0.1, 0.15) is 6.04 Å². The summed E-state index contributed by atoms with van der Waals surface area (Å²) in [6.07, 6.45) is 4.55. The topological polar surface area (TPSA) is 109 Å². The molecule has 0 radical (unpaired) electrons. The fraction of sp³-hybridized carbons (Fsp3) is 0.692. The van der Waals surface area contributed by atoms with Crippen LogP contribution in [0.2, 0.25) is 0 Å². The number of hydrogen-bond donors (Lipinski definition) is 3. The van der Waals surface area contributed by atoms with Crippen molar-refractivity contribution in [2.24, 2.45) is 0 Å². The second-order valence-corrected chi connectivity index (χ2v) is 5.22. The minimum Gasteiger partial charge on any atom is -0.480 e. The van der Waals surface area contributed by atoms with Crippen molar-refractivity contribution in [1.82, 2.24) is 25.6 Å². The highest BCUT2D eigenvalue weighted by atomic mass is 16.4. The third-order valence-corrected chi connectivity index (χ3v) is 3.61. The molecule has 3 N–H and O–H groups in total. The second-order valence-electron chi connectivity index (χ2n) is 5.22. The van der Waals surface area contributed by atoms with Crippen molar-refractivity contribution in [3.63, 3.8) is 0 Å². The fourth-order valence-electron chi connectivity index (χ4n) is 2.41. The molecule has 0 aromatic carbocycles. The molecule has 0 saturated carbocycles. The lowest BCUT2D eigenvalue weighted by molar-refractivity contribution is -0.139. The van der Waals surface area contributed by atoms with E-state index < -0.39 is 17.9 Å². The third kappa shape index (κ3) is 4.01. The van der Waals surface area contributed by atoms with Gasteiger partial charge in [-0.05, 0) is 32.4 Å². The first-order chi connectivity index (χ1) is 10.1. The number of piperidine rings is 1. The molecule has 1 aromatic heterocycles. The summed E-state index contributed by atoms with van der Waals surface area (Å²) in [6.45, 7) is 3.71. The van der Waals surface area contributed by atoms with Gasteiger partial charge in [-0.1, -0.05) is 18.6 Å². The number of rotatable bonds is 6. The highest BCUT2D eigenvalue weighted by Gasteiger charge is 2.23. The highest BCUT2D eigenvalue weighted by Crippen LogP contribution is 2.17. The minimum absolute atomic E-state index is 0.163. The van der Waals surface area contributed by atoms with Crippen LogP contribution < -0.4 is 10.6 Å². The number of aromatic nitrogens is 3. The van der Waals surface area contributed by atoms with Crippen molar-refractivity contribution in [3.05, 3.63) is 11.9 Å². The van der Waals surface area contributed by atoms with Gasteiger partial charge in [0.15, 0.2) is 5.69 Å². The number of amides is 1. The lowest BCUT2D eigenvalue weighted by atomic mass is 10.1. The van der Waals surface area contributed by atoms with E-state index in [0.29, 0.717) is 12.8 Å². The number of aliphatic carboxylic acids is 1. The molecule has 1 fully saturated rings. The Morgan fingerprint density at radius 2 is 2.24 bits per heavy atom. The Balaban J connectivity index is 1.99. The largest absolute Gasteiger partial charge is 0.480 e. The Hall–Kier alpha value is -1.96. The van der Waals surface area contributed by atoms with E-state index in [1.165, 1.54) is 0 Å². The molecule has 8 nitrogen and oxygen atoms in total. The molecule has 1 saturated heterocycles. The van der Waals surface area contributed by atoms with Crippen LogP contribution in [0.25, 0.3) is 0 Å². The highest BCUT2D eigenvalue weighted by molar-refractivity contribution is 5.94. The summed E-state index contributed by atoms with van der Waals surface area (Å²) >= 11 is 0. The van der Waals surface area contributed by atoms with Crippen LogP contribution in [0.1, 0.15) is 49.1 Å². The summed E-state index contributed by atoms with van der Waals surface area (Å²) in [5.74, 6) is -1.52. The Kier molecular flexibility index (Phi) is 5.26. The summed E-state index contributed by atoms with van der Waals surface area (Å²) in [7, 11) is 0. The van der Waals surface area contributed by atoms with Crippen LogP contribution in [0.3, 0.4) is 0 Å². The number of nitrogens with zero attached hydrogens (tertiary/aromatic N) is 3. The average molecular weight is 295 g/mol. The first-order valence-electron chi connectivity index (χ1n) is 7.28. The predicted molar refractivity (Wildman–Crippen MR) is 75.0 cm³/mol. The number of carboxylic acids is 1. The maximum Gasteiger partial charge on any atom is 0.326 e. The third-order valence-electron chi connectivity index (χ3n) is 3.61. The molecule has 1 aromatic rings. The summed E-state index contributed by atoms with van der Waals surface area (Å²) < 4.78 is 1.70. The normalized spacial score (nSPS) is 17.4. The molecule has 8 heteroatoms. The van der Waals surface area contributed by atoms with Crippen LogP contribution in [0.5, 0.6) is 0 Å². The fourth-order valence-corrected chi connectivity index (χ4v) is 2.41. The van der Waals surface area contributed by atoms with E-state index >= 15 is 0 Å². The van der Waals surface area contributed by atoms with Gasteiger partial charge < -0.3 is 15.7 Å². The molecule has 0 unspecified atom stereocenters. The number of nitrogens with one attached hydrogen (secondary N) is 2. The van der Waals surface area contributed by atoms with E-state index in [1.54, 1.807) is 10.9 Å². The SMILES string of the molecule is CCC[C@H](NC(=O)c1cn(C2CCNCC2)nn1)C(=O)O. The molecule has 0 aliphatic carbocycles. The molecule has 0 bridgehead atoms. The summed E-state index contributed by atoms with van der Waals surface area (Å²) in [4.78, 5) is 23.1. The van der Waals surface area contributed by atoms with Crippen molar-refractivity contribution in [3.8, 4) is 0 Å². The van der Waals surface area contributed by atoms with Crippen LogP contribution in [0.4, 0.5) is 0 Å². The van der Waals surface area contributed by atoms with Crippen molar-refractivity contribution < 1.29 is 14.7 Å². The van der Waals surface area contributed by atoms with Gasteiger partial charge in [0.05, 0.1) is 12.2 Å². The predicted octanol–water partition coefficient (Wildman–Crippen LogP) is 0.186. The Morgan fingerprint density at radius 1 is 1.52 bits per heavy atom. The summed E-state index contributed by atoms with van der Waals surface area (Å²) in [5.41, 5.74) is 0.163. The van der Waals surface area contributed by atoms with E-state index in [2.05, 4.69) is 20.9 Å². The zero-order chi connectivity index (χ0) is 15.2. The van der Waals surface area contributed by atoms with Gasteiger partial charge in [-0.3, -0.25) is 4.79 Å². The van der Waals surface area contributed by atoms with Gasteiger partial charge in [0.2, 0.25) is 0 Å². The van der Waals surface area contributed by atoms with Crippen LogP contribution in [-0.4, -0.2) is 51.1 Å². The maximum atomic E-state index is 12.0. The molecular weight excluding hydrogens is 274 g/mol. The number of carbonyl (C=O) groups excluding carboxylic acids is 1. The van der Waals surface area contributed by atoms with E-state index in [4.69, 9.17) is 5.11 Å². The first-order valence-corrected chi connectivity index (χ1v) is 7.28. The zero-order valence-corrected chi connectivity index (χ0v) is 12.1. The Bertz CT molecular complexity index is 496. The molecule has 0 spiro atoms. The van der Waals surface area contributed by atoms with Crippen molar-refractivity contribution >= 4 is 11.9 Å². The molecule has 2 heterocycles. The average Bonchev–Trinajstić information content (AvgIpc) is 2.97. The van der Waals surface area contributed by atoms with Gasteiger partial charge >= 0.3 is 5.97 Å². The zero-order valence-electron chi connectivity index (χ0n) is 12.1. The van der Waals surface area contributed by atoms with Crippen LogP contribution in [-0.2, 0) is 4.79 Å². The molecular formula is C13H21N5O3. The van der Waals surface area contributed by atoms with Gasteiger partial charge in [-0.25, -0.2) is 9.48 Å². The molecule has 116 valence electrons. The minimum atomic E-state index is -1.03. The summed E-state index contributed by atoms with van der Waals surface area (Å²) in [5, 5.41) is 22.6. The van der Waals surface area contributed by atoms with E-state index in [0.717, 1.165) is 25.9 Å². The van der Waals surface area contributed by atoms with Gasteiger partial charge in [0.25, 0.3) is 5.91 Å². The molecule has 1 atom stereocenters. The van der Waals surface area contributed by atoms with Crippen LogP contribution in [0.15, 0.2) is 6.20 Å². The maximum absolute atomic E-state index is 12.0. The van der Waals surface area contributed by atoms with Crippen LogP contribution >= 0.6 is 0 Å². The van der Waals surface area contributed by atoms with Crippen molar-refractivity contribution in [2.45, 2.75) is 44.7 Å². The molecule has 1 amide bonds.